The predicted octanol–water partition coefficient (Wildman–Crippen LogP) is 4.81. The lowest BCUT2D eigenvalue weighted by molar-refractivity contribution is -0.116. The van der Waals surface area contributed by atoms with Crippen LogP contribution in [0.4, 0.5) is 5.69 Å². The Balaban J connectivity index is 1.49. The van der Waals surface area contributed by atoms with Gasteiger partial charge in [0.1, 0.15) is 0 Å². The Morgan fingerprint density at radius 3 is 2.09 bits per heavy atom. The molecule has 4 rings (SSSR count). The van der Waals surface area contributed by atoms with E-state index in [-0.39, 0.29) is 24.1 Å². The fraction of sp³-hybridized carbons (Fsp3) is 0.250. The number of benzene rings is 3. The highest BCUT2D eigenvalue weighted by molar-refractivity contribution is 6.04. The molecule has 0 saturated carbocycles. The number of nitrogens with zero attached hydrogens (tertiary/aromatic N) is 1. The van der Waals surface area contributed by atoms with Crippen molar-refractivity contribution in [3.05, 3.63) is 102 Å². The highest BCUT2D eigenvalue weighted by atomic mass is 16.2. The lowest BCUT2D eigenvalue weighted by atomic mass is 10.0. The summed E-state index contributed by atoms with van der Waals surface area (Å²) >= 11 is 0. The average Bonchev–Trinajstić information content (AvgIpc) is 2.89. The number of amides is 3. The van der Waals surface area contributed by atoms with Gasteiger partial charge in [-0.3, -0.25) is 14.4 Å². The summed E-state index contributed by atoms with van der Waals surface area (Å²) in [6.07, 6.45) is 3.17. The van der Waals surface area contributed by atoms with Gasteiger partial charge in [-0.15, -0.1) is 0 Å². The van der Waals surface area contributed by atoms with E-state index in [0.717, 1.165) is 37.9 Å². The van der Waals surface area contributed by atoms with Crippen LogP contribution in [0.5, 0.6) is 0 Å². The third kappa shape index (κ3) is 5.90. The zero-order valence-electron chi connectivity index (χ0n) is 19.1. The second kappa shape index (κ2) is 11.3. The number of carbonyl (C=O) groups excluding carboxylic acids is 3. The summed E-state index contributed by atoms with van der Waals surface area (Å²) in [4.78, 5) is 40.8. The largest absolute Gasteiger partial charge is 0.345 e. The van der Waals surface area contributed by atoms with Crippen molar-refractivity contribution in [2.24, 2.45) is 0 Å². The highest BCUT2D eigenvalue weighted by Crippen LogP contribution is 2.22. The zero-order chi connectivity index (χ0) is 23.8. The van der Waals surface area contributed by atoms with Crippen LogP contribution in [-0.4, -0.2) is 35.7 Å². The van der Waals surface area contributed by atoms with E-state index < -0.39 is 6.04 Å². The van der Waals surface area contributed by atoms with Gasteiger partial charge in [-0.1, -0.05) is 60.7 Å². The molecule has 1 heterocycles. The molecule has 1 saturated heterocycles. The molecule has 0 spiro atoms. The highest BCUT2D eigenvalue weighted by Gasteiger charge is 2.23. The van der Waals surface area contributed by atoms with E-state index in [1.165, 1.54) is 0 Å². The Morgan fingerprint density at radius 1 is 0.765 bits per heavy atom. The molecule has 2 N–H and O–H groups in total. The molecule has 1 aliphatic heterocycles. The van der Waals surface area contributed by atoms with Crippen LogP contribution in [0.1, 0.15) is 58.0 Å². The Bertz CT molecular complexity index is 1130. The van der Waals surface area contributed by atoms with Crippen LogP contribution in [0.3, 0.4) is 0 Å². The second-order valence-corrected chi connectivity index (χ2v) is 8.45. The first-order valence-corrected chi connectivity index (χ1v) is 11.7. The normalized spacial score (nSPS) is 14.2. The molecule has 1 aliphatic rings. The summed E-state index contributed by atoms with van der Waals surface area (Å²) in [5.74, 6) is -0.586. The van der Waals surface area contributed by atoms with Crippen molar-refractivity contribution in [2.45, 2.75) is 31.7 Å². The first-order valence-electron chi connectivity index (χ1n) is 11.7. The van der Waals surface area contributed by atoms with Gasteiger partial charge < -0.3 is 15.5 Å². The number of para-hydroxylation sites is 1. The van der Waals surface area contributed by atoms with Gasteiger partial charge in [-0.2, -0.15) is 0 Å². The van der Waals surface area contributed by atoms with Gasteiger partial charge in [0.15, 0.2) is 0 Å². The molecule has 0 aromatic heterocycles. The Hall–Kier alpha value is -3.93. The summed E-state index contributed by atoms with van der Waals surface area (Å²) in [6.45, 7) is 1.48. The molecule has 0 radical (unpaired) electrons. The van der Waals surface area contributed by atoms with Crippen LogP contribution >= 0.6 is 0 Å². The van der Waals surface area contributed by atoms with Gasteiger partial charge in [0.25, 0.3) is 11.8 Å². The van der Waals surface area contributed by atoms with Crippen molar-refractivity contribution < 1.29 is 14.4 Å². The fourth-order valence-electron chi connectivity index (χ4n) is 4.20. The van der Waals surface area contributed by atoms with Gasteiger partial charge in [0.05, 0.1) is 23.7 Å². The molecule has 6 heteroatoms. The zero-order valence-corrected chi connectivity index (χ0v) is 19.1. The van der Waals surface area contributed by atoms with Crippen LogP contribution in [-0.2, 0) is 4.79 Å². The van der Waals surface area contributed by atoms with Crippen LogP contribution in [0.15, 0.2) is 84.9 Å². The van der Waals surface area contributed by atoms with E-state index in [4.69, 9.17) is 0 Å². The van der Waals surface area contributed by atoms with E-state index in [1.54, 1.807) is 48.5 Å². The quantitative estimate of drug-likeness (QED) is 0.537. The van der Waals surface area contributed by atoms with Crippen LogP contribution in [0.25, 0.3) is 0 Å². The van der Waals surface area contributed by atoms with Gasteiger partial charge in [-0.05, 0) is 49.1 Å². The number of rotatable bonds is 7. The maximum atomic E-state index is 13.1. The van der Waals surface area contributed by atoms with E-state index in [2.05, 4.69) is 10.6 Å². The molecule has 0 aliphatic carbocycles. The van der Waals surface area contributed by atoms with Gasteiger partial charge in [-0.25, -0.2) is 0 Å². The summed E-state index contributed by atoms with van der Waals surface area (Å²) in [5, 5.41) is 5.89. The molecular weight excluding hydrogens is 426 g/mol. The number of nitrogens with one attached hydrogen (secondary N) is 2. The molecule has 1 fully saturated rings. The Kier molecular flexibility index (Phi) is 7.71. The molecule has 6 nitrogen and oxygen atoms in total. The van der Waals surface area contributed by atoms with Crippen molar-refractivity contribution in [1.82, 2.24) is 10.2 Å². The molecule has 34 heavy (non-hydrogen) atoms. The van der Waals surface area contributed by atoms with Crippen LogP contribution < -0.4 is 10.6 Å². The number of hydrogen-bond donors (Lipinski definition) is 2. The summed E-state index contributed by atoms with van der Waals surface area (Å²) in [6, 6.07) is 24.9. The van der Waals surface area contributed by atoms with Crippen LogP contribution in [0.2, 0.25) is 0 Å². The second-order valence-electron chi connectivity index (χ2n) is 8.45. The number of piperidine rings is 1. The van der Waals surface area contributed by atoms with E-state index in [9.17, 15) is 14.4 Å². The maximum absolute atomic E-state index is 13.1. The average molecular weight is 456 g/mol. The summed E-state index contributed by atoms with van der Waals surface area (Å²) < 4.78 is 0. The maximum Gasteiger partial charge on any atom is 0.255 e. The number of likely N-dealkylation sites (tertiary alicyclic amines) is 1. The minimum Gasteiger partial charge on any atom is -0.345 e. The summed E-state index contributed by atoms with van der Waals surface area (Å²) in [5.41, 5.74) is 2.34. The molecule has 0 bridgehead atoms. The van der Waals surface area contributed by atoms with Crippen molar-refractivity contribution in [2.75, 3.05) is 18.4 Å². The van der Waals surface area contributed by atoms with Gasteiger partial charge >= 0.3 is 0 Å². The Morgan fingerprint density at radius 2 is 1.38 bits per heavy atom. The number of hydrogen-bond acceptors (Lipinski definition) is 3. The molecule has 3 aromatic rings. The molecule has 3 amide bonds. The van der Waals surface area contributed by atoms with E-state index >= 15 is 0 Å². The molecule has 3 aromatic carbocycles. The van der Waals surface area contributed by atoms with Gasteiger partial charge in [0.2, 0.25) is 5.91 Å². The predicted molar refractivity (Wildman–Crippen MR) is 133 cm³/mol. The number of anilines is 1. The van der Waals surface area contributed by atoms with Crippen molar-refractivity contribution >= 4 is 23.4 Å². The molecular formula is C28H29N3O3. The topological polar surface area (TPSA) is 78.5 Å². The molecule has 1 unspecified atom stereocenters. The van der Waals surface area contributed by atoms with Crippen LogP contribution in [0, 0.1) is 0 Å². The monoisotopic (exact) mass is 455 g/mol. The van der Waals surface area contributed by atoms with Crippen molar-refractivity contribution in [3.8, 4) is 0 Å². The SMILES string of the molecule is O=C(CC(NC(=O)c1ccccc1)c1ccccc1)Nc1ccccc1C(=O)N1CCCCC1. The third-order valence-electron chi connectivity index (χ3n) is 6.01. The fourth-order valence-corrected chi connectivity index (χ4v) is 4.20. The lowest BCUT2D eigenvalue weighted by Gasteiger charge is -2.27. The Labute approximate surface area is 200 Å². The van der Waals surface area contributed by atoms with Crippen molar-refractivity contribution in [3.63, 3.8) is 0 Å². The number of carbonyl (C=O) groups is 3. The van der Waals surface area contributed by atoms with E-state index in [1.807, 2.05) is 41.3 Å². The minimum absolute atomic E-state index is 0.0365. The first kappa shape index (κ1) is 23.2. The van der Waals surface area contributed by atoms with Crippen molar-refractivity contribution in [1.29, 1.82) is 0 Å². The lowest BCUT2D eigenvalue weighted by Crippen LogP contribution is -2.36. The first-order chi connectivity index (χ1) is 16.6. The third-order valence-corrected chi connectivity index (χ3v) is 6.01. The minimum atomic E-state index is -0.515. The molecule has 174 valence electrons. The standard InChI is InChI=1S/C28H29N3O3/c32-26(29-24-17-9-8-16-23(24)28(34)31-18-10-3-11-19-31)20-25(21-12-4-1-5-13-21)30-27(33)22-14-6-2-7-15-22/h1-2,4-9,12-17,25H,3,10-11,18-20H2,(H,29,32)(H,30,33). The molecule has 1 atom stereocenters. The van der Waals surface area contributed by atoms with Gasteiger partial charge in [0, 0.05) is 18.7 Å². The summed E-state index contributed by atoms with van der Waals surface area (Å²) in [7, 11) is 0. The van der Waals surface area contributed by atoms with E-state index in [0.29, 0.717) is 16.8 Å². The smallest absolute Gasteiger partial charge is 0.255 e.